The van der Waals surface area contributed by atoms with Gasteiger partial charge in [-0.05, 0) is 40.3 Å². The van der Waals surface area contributed by atoms with Crippen molar-refractivity contribution in [1.29, 1.82) is 0 Å². The van der Waals surface area contributed by atoms with Crippen LogP contribution in [-0.2, 0) is 27.4 Å². The largest absolute Gasteiger partial charge is 0.503 e. The van der Waals surface area contributed by atoms with Crippen LogP contribution in [0.2, 0.25) is 0 Å². The van der Waals surface area contributed by atoms with Gasteiger partial charge in [-0.25, -0.2) is 14.2 Å². The van der Waals surface area contributed by atoms with Gasteiger partial charge in [-0.15, -0.1) is 0 Å². The molecule has 1 aliphatic heterocycles. The Morgan fingerprint density at radius 1 is 1.23 bits per heavy atom. The number of hydrazine groups is 1. The second kappa shape index (κ2) is 14.8. The van der Waals surface area contributed by atoms with Gasteiger partial charge in [0.2, 0.25) is 5.43 Å². The first-order valence-electron chi connectivity index (χ1n) is 14.3. The molecule has 0 radical (unpaired) electrons. The van der Waals surface area contributed by atoms with Crippen molar-refractivity contribution in [2.75, 3.05) is 33.9 Å². The SMILES string of the molecule is COCCC1(C)C(=O)c2c(O)c(=O)c(C(=O)NCc3ccc(F)cc3F)cn2CC1N(C)CCNNC(C)C(=O)OC(C)C. The van der Waals surface area contributed by atoms with Crippen LogP contribution in [0.3, 0.4) is 0 Å². The third kappa shape index (κ3) is 7.86. The van der Waals surface area contributed by atoms with E-state index in [4.69, 9.17) is 9.47 Å². The van der Waals surface area contributed by atoms with E-state index in [0.717, 1.165) is 6.07 Å². The maximum atomic E-state index is 14.0. The number of benzene rings is 1. The molecule has 3 unspecified atom stereocenters. The highest BCUT2D eigenvalue weighted by atomic mass is 19.1. The van der Waals surface area contributed by atoms with E-state index in [1.54, 1.807) is 27.7 Å². The summed E-state index contributed by atoms with van der Waals surface area (Å²) in [5, 5.41) is 13.3. The maximum Gasteiger partial charge on any atom is 0.324 e. The van der Waals surface area contributed by atoms with Crippen molar-refractivity contribution in [1.82, 2.24) is 25.6 Å². The lowest BCUT2D eigenvalue weighted by Crippen LogP contribution is -2.57. The molecule has 0 fully saturated rings. The van der Waals surface area contributed by atoms with E-state index in [1.807, 2.05) is 11.9 Å². The van der Waals surface area contributed by atoms with Crippen molar-refractivity contribution >= 4 is 17.7 Å². The summed E-state index contributed by atoms with van der Waals surface area (Å²) in [5.74, 6) is -4.27. The van der Waals surface area contributed by atoms with E-state index in [2.05, 4.69) is 16.2 Å². The zero-order chi connectivity index (χ0) is 32.8. The van der Waals surface area contributed by atoms with Gasteiger partial charge in [0.05, 0.1) is 11.5 Å². The van der Waals surface area contributed by atoms with Crippen molar-refractivity contribution in [3.8, 4) is 5.75 Å². The number of aromatic hydroxyl groups is 1. The Bertz CT molecular complexity index is 1430. The fourth-order valence-corrected chi connectivity index (χ4v) is 5.17. The van der Waals surface area contributed by atoms with Gasteiger partial charge < -0.3 is 24.5 Å². The average Bonchev–Trinajstić information content (AvgIpc) is 2.96. The van der Waals surface area contributed by atoms with Crippen LogP contribution in [0.5, 0.6) is 5.75 Å². The quantitative estimate of drug-likeness (QED) is 0.140. The molecule has 4 N–H and O–H groups in total. The number of esters is 1. The Labute approximate surface area is 254 Å². The predicted molar refractivity (Wildman–Crippen MR) is 157 cm³/mol. The molecule has 1 aliphatic rings. The minimum atomic E-state index is -1.07. The average molecular weight is 622 g/mol. The number of hydrogen-bond acceptors (Lipinski definition) is 10. The number of amides is 1. The molecule has 1 amide bonds. The Balaban J connectivity index is 1.82. The van der Waals surface area contributed by atoms with E-state index in [9.17, 15) is 33.1 Å². The van der Waals surface area contributed by atoms with Gasteiger partial charge in [-0.2, -0.15) is 0 Å². The van der Waals surface area contributed by atoms with Crippen LogP contribution in [0, 0.1) is 17.0 Å². The van der Waals surface area contributed by atoms with E-state index in [1.165, 1.54) is 23.9 Å². The van der Waals surface area contributed by atoms with Gasteiger partial charge in [0.1, 0.15) is 28.9 Å². The van der Waals surface area contributed by atoms with Gasteiger partial charge in [0.15, 0.2) is 11.5 Å². The number of carbonyl (C=O) groups excluding carboxylic acids is 3. The molecule has 0 spiro atoms. The lowest BCUT2D eigenvalue weighted by atomic mass is 9.71. The molecule has 1 aromatic heterocycles. The lowest BCUT2D eigenvalue weighted by Gasteiger charge is -2.46. The lowest BCUT2D eigenvalue weighted by molar-refractivity contribution is -0.149. The highest BCUT2D eigenvalue weighted by molar-refractivity contribution is 6.03. The molecule has 2 heterocycles. The normalized spacial score (nSPS) is 18.8. The Morgan fingerprint density at radius 3 is 2.57 bits per heavy atom. The van der Waals surface area contributed by atoms with Gasteiger partial charge in [-0.1, -0.05) is 13.0 Å². The molecule has 44 heavy (non-hydrogen) atoms. The molecule has 3 atom stereocenters. The second-order valence-corrected chi connectivity index (χ2v) is 11.4. The zero-order valence-corrected chi connectivity index (χ0v) is 25.8. The number of ketones is 1. The van der Waals surface area contributed by atoms with Crippen molar-refractivity contribution in [3.63, 3.8) is 0 Å². The minimum Gasteiger partial charge on any atom is -0.503 e. The first-order valence-corrected chi connectivity index (χ1v) is 14.3. The van der Waals surface area contributed by atoms with Crippen molar-refractivity contribution < 1.29 is 37.7 Å². The van der Waals surface area contributed by atoms with E-state index in [0.29, 0.717) is 25.6 Å². The molecule has 1 aromatic carbocycles. The van der Waals surface area contributed by atoms with Crippen LogP contribution >= 0.6 is 0 Å². The third-order valence-corrected chi connectivity index (χ3v) is 7.77. The van der Waals surface area contributed by atoms with Crippen molar-refractivity contribution in [3.05, 3.63) is 63.1 Å². The first-order chi connectivity index (χ1) is 20.7. The number of fused-ring (bicyclic) bond motifs is 1. The molecule has 242 valence electrons. The third-order valence-electron chi connectivity index (χ3n) is 7.77. The number of halogens is 2. The number of rotatable bonds is 14. The molecular weight excluding hydrogens is 580 g/mol. The van der Waals surface area contributed by atoms with Crippen LogP contribution in [-0.4, -0.2) is 84.3 Å². The summed E-state index contributed by atoms with van der Waals surface area (Å²) in [6.07, 6.45) is 1.26. The van der Waals surface area contributed by atoms with E-state index < -0.39 is 63.5 Å². The topological polar surface area (TPSA) is 151 Å². The Kier molecular flexibility index (Phi) is 11.7. The zero-order valence-electron chi connectivity index (χ0n) is 25.8. The number of hydrogen-bond donors (Lipinski definition) is 4. The van der Waals surface area contributed by atoms with Crippen molar-refractivity contribution in [2.24, 2.45) is 5.41 Å². The molecule has 12 nitrogen and oxygen atoms in total. The number of ether oxygens (including phenoxy) is 2. The Morgan fingerprint density at radius 2 is 1.93 bits per heavy atom. The van der Waals surface area contributed by atoms with Gasteiger partial charge in [-0.3, -0.25) is 29.5 Å². The fraction of sp³-hybridized carbons (Fsp3) is 0.533. The molecule has 14 heteroatoms. The monoisotopic (exact) mass is 621 g/mol. The van der Waals surface area contributed by atoms with Crippen LogP contribution in [0.15, 0.2) is 29.2 Å². The van der Waals surface area contributed by atoms with Crippen LogP contribution in [0.1, 0.15) is 60.5 Å². The summed E-state index contributed by atoms with van der Waals surface area (Å²) in [5.41, 5.74) is 3.13. The van der Waals surface area contributed by atoms with Crippen molar-refractivity contribution in [2.45, 2.75) is 65.4 Å². The number of carbonyl (C=O) groups is 3. The fourth-order valence-electron chi connectivity index (χ4n) is 5.17. The first kappa shape index (κ1) is 34.8. The van der Waals surface area contributed by atoms with Crippen LogP contribution in [0.4, 0.5) is 8.78 Å². The van der Waals surface area contributed by atoms with E-state index >= 15 is 0 Å². The summed E-state index contributed by atoms with van der Waals surface area (Å²) < 4.78 is 39.1. The summed E-state index contributed by atoms with van der Waals surface area (Å²) in [6.45, 7) is 7.80. The molecule has 0 saturated heterocycles. The number of Topliss-reactive ketones (excluding diaryl/α,β-unsaturated/α-hetero) is 1. The number of aromatic nitrogens is 1. The molecule has 0 saturated carbocycles. The van der Waals surface area contributed by atoms with E-state index in [-0.39, 0.29) is 37.1 Å². The van der Waals surface area contributed by atoms with Crippen LogP contribution < -0.4 is 21.6 Å². The van der Waals surface area contributed by atoms with Gasteiger partial charge in [0.25, 0.3) is 5.91 Å². The highest BCUT2D eigenvalue weighted by Crippen LogP contribution is 2.40. The number of likely N-dealkylation sites (N-methyl/N-ethyl adjacent to an activating group) is 1. The molecule has 2 aromatic rings. The predicted octanol–water partition coefficient (Wildman–Crippen LogP) is 1.74. The number of nitrogens with one attached hydrogen (secondary N) is 3. The summed E-state index contributed by atoms with van der Waals surface area (Å²) in [7, 11) is 3.33. The second-order valence-electron chi connectivity index (χ2n) is 11.4. The molecular formula is C30H41F2N5O7. The molecule has 0 bridgehead atoms. The highest BCUT2D eigenvalue weighted by Gasteiger charge is 2.49. The molecule has 3 rings (SSSR count). The van der Waals surface area contributed by atoms with Gasteiger partial charge in [0, 0.05) is 63.8 Å². The summed E-state index contributed by atoms with van der Waals surface area (Å²) in [4.78, 5) is 53.9. The smallest absolute Gasteiger partial charge is 0.324 e. The van der Waals surface area contributed by atoms with Gasteiger partial charge >= 0.3 is 5.97 Å². The minimum absolute atomic E-state index is 0.00196. The number of pyridine rings is 1. The molecule has 0 aliphatic carbocycles. The standard InChI is InChI=1S/C30H41F2N5O7/c1-17(2)44-29(42)18(3)35-34-10-11-36(5)23-16-37-15-21(28(41)33-14-19-7-8-20(31)13-22(19)32)25(38)26(39)24(37)27(40)30(23,4)9-12-43-6/h7-8,13,15,17-18,23,34-35,39H,9-12,14,16H2,1-6H3,(H,33,41). The maximum absolute atomic E-state index is 14.0. The number of nitrogens with zero attached hydrogens (tertiary/aromatic N) is 2. The van der Waals surface area contributed by atoms with Crippen LogP contribution in [0.25, 0.3) is 0 Å². The summed E-state index contributed by atoms with van der Waals surface area (Å²) in [6, 6.07) is 1.84. The summed E-state index contributed by atoms with van der Waals surface area (Å²) >= 11 is 0. The number of methoxy groups -OCH3 is 1. The Hall–Kier alpha value is -3.72.